The van der Waals surface area contributed by atoms with E-state index in [2.05, 4.69) is 15.6 Å². The molecular weight excluding hydrogens is 441 g/mol. The molecule has 0 bridgehead atoms. The molecule has 8 heteroatoms. The molecule has 1 aromatic rings. The Hall–Kier alpha value is -1.03. The van der Waals surface area contributed by atoms with Crippen LogP contribution in [-0.2, 0) is 9.84 Å². The minimum atomic E-state index is -3.16. The molecule has 1 fully saturated rings. The Labute approximate surface area is 161 Å². The summed E-state index contributed by atoms with van der Waals surface area (Å²) in [6.07, 6.45) is 6.14. The molecule has 2 N–H and O–H groups in total. The third-order valence-electron chi connectivity index (χ3n) is 3.83. The fourth-order valence-electron chi connectivity index (χ4n) is 2.58. The second kappa shape index (κ2) is 10.1. The van der Waals surface area contributed by atoms with Crippen LogP contribution in [0.25, 0.3) is 0 Å². The first-order chi connectivity index (χ1) is 11.0. The van der Waals surface area contributed by atoms with Crippen LogP contribution >= 0.6 is 24.0 Å². The Morgan fingerprint density at radius 2 is 1.88 bits per heavy atom. The molecule has 24 heavy (non-hydrogen) atoms. The van der Waals surface area contributed by atoms with Crippen molar-refractivity contribution in [2.24, 2.45) is 4.99 Å². The van der Waals surface area contributed by atoms with Crippen LogP contribution in [0.15, 0.2) is 34.2 Å². The molecule has 1 aliphatic carbocycles. The van der Waals surface area contributed by atoms with Crippen molar-refractivity contribution < 1.29 is 13.2 Å². The van der Waals surface area contributed by atoms with Gasteiger partial charge < -0.3 is 15.4 Å². The van der Waals surface area contributed by atoms with Crippen molar-refractivity contribution in [1.82, 2.24) is 10.6 Å². The van der Waals surface area contributed by atoms with Gasteiger partial charge in [0.15, 0.2) is 15.8 Å². The van der Waals surface area contributed by atoms with E-state index < -0.39 is 9.84 Å². The van der Waals surface area contributed by atoms with E-state index in [1.165, 1.54) is 31.9 Å². The van der Waals surface area contributed by atoms with Crippen LogP contribution in [-0.4, -0.2) is 46.9 Å². The highest BCUT2D eigenvalue weighted by Gasteiger charge is 2.15. The van der Waals surface area contributed by atoms with Crippen LogP contribution in [0.1, 0.15) is 25.7 Å². The number of nitrogens with one attached hydrogen (secondary N) is 2. The quantitative estimate of drug-likeness (QED) is 0.290. The highest BCUT2D eigenvalue weighted by atomic mass is 127. The summed E-state index contributed by atoms with van der Waals surface area (Å²) in [5.74, 6) is 1.45. The zero-order valence-corrected chi connectivity index (χ0v) is 17.3. The van der Waals surface area contributed by atoms with Crippen molar-refractivity contribution >= 4 is 39.8 Å². The molecule has 0 radical (unpaired) electrons. The normalized spacial score (nSPS) is 15.7. The predicted molar refractivity (Wildman–Crippen MR) is 107 cm³/mol. The Morgan fingerprint density at radius 3 is 2.42 bits per heavy atom. The Morgan fingerprint density at radius 1 is 1.25 bits per heavy atom. The van der Waals surface area contributed by atoms with Gasteiger partial charge in [-0.05, 0) is 37.1 Å². The van der Waals surface area contributed by atoms with Gasteiger partial charge in [0.25, 0.3) is 0 Å². The van der Waals surface area contributed by atoms with Crippen LogP contribution in [0.4, 0.5) is 0 Å². The molecule has 0 unspecified atom stereocenters. The molecule has 1 saturated carbocycles. The van der Waals surface area contributed by atoms with E-state index >= 15 is 0 Å². The summed E-state index contributed by atoms with van der Waals surface area (Å²) in [7, 11) is -1.40. The standard InChI is InChI=1S/C16H25N3O3S.HI/c1-17-16(19-13-5-3-4-6-13)18-11-12-22-14-7-9-15(10-8-14)23(2,20)21;/h7-10,13H,3-6,11-12H2,1-2H3,(H2,17,18,19);1H. The van der Waals surface area contributed by atoms with E-state index in [4.69, 9.17) is 4.74 Å². The summed E-state index contributed by atoms with van der Waals surface area (Å²) in [5.41, 5.74) is 0. The largest absolute Gasteiger partial charge is 0.492 e. The summed E-state index contributed by atoms with van der Waals surface area (Å²) >= 11 is 0. The van der Waals surface area contributed by atoms with E-state index in [1.807, 2.05) is 0 Å². The van der Waals surface area contributed by atoms with Gasteiger partial charge in [-0.1, -0.05) is 12.8 Å². The van der Waals surface area contributed by atoms with E-state index in [0.29, 0.717) is 29.8 Å². The Kier molecular flexibility index (Phi) is 8.82. The molecule has 0 atom stereocenters. The van der Waals surface area contributed by atoms with Crippen LogP contribution < -0.4 is 15.4 Å². The van der Waals surface area contributed by atoms with E-state index in [-0.39, 0.29) is 24.0 Å². The maximum Gasteiger partial charge on any atom is 0.191 e. The minimum Gasteiger partial charge on any atom is -0.492 e. The van der Waals surface area contributed by atoms with Crippen LogP contribution in [0, 0.1) is 0 Å². The monoisotopic (exact) mass is 467 g/mol. The summed E-state index contributed by atoms with van der Waals surface area (Å²) in [6.45, 7) is 1.10. The average Bonchev–Trinajstić information content (AvgIpc) is 3.03. The zero-order valence-electron chi connectivity index (χ0n) is 14.1. The topological polar surface area (TPSA) is 79.8 Å². The van der Waals surface area contributed by atoms with Gasteiger partial charge in [-0.2, -0.15) is 0 Å². The first kappa shape index (κ1) is 21.0. The first-order valence-corrected chi connectivity index (χ1v) is 9.78. The number of sulfone groups is 1. The molecule has 0 heterocycles. The number of guanidine groups is 1. The van der Waals surface area contributed by atoms with Gasteiger partial charge in [-0.3, -0.25) is 4.99 Å². The number of halogens is 1. The maximum absolute atomic E-state index is 11.4. The average molecular weight is 467 g/mol. The lowest BCUT2D eigenvalue weighted by atomic mass is 10.2. The van der Waals surface area contributed by atoms with Gasteiger partial charge >= 0.3 is 0 Å². The molecule has 0 saturated heterocycles. The lowest BCUT2D eigenvalue weighted by molar-refractivity contribution is 0.321. The van der Waals surface area contributed by atoms with Crippen molar-refractivity contribution in [3.63, 3.8) is 0 Å². The summed E-state index contributed by atoms with van der Waals surface area (Å²) in [6, 6.07) is 6.96. The molecule has 1 aromatic carbocycles. The van der Waals surface area contributed by atoms with Crippen molar-refractivity contribution in [1.29, 1.82) is 0 Å². The van der Waals surface area contributed by atoms with E-state index in [1.54, 1.807) is 31.3 Å². The van der Waals surface area contributed by atoms with Gasteiger partial charge in [0, 0.05) is 19.3 Å². The van der Waals surface area contributed by atoms with E-state index in [0.717, 1.165) is 5.96 Å². The number of benzene rings is 1. The van der Waals surface area contributed by atoms with E-state index in [9.17, 15) is 8.42 Å². The fourth-order valence-corrected chi connectivity index (χ4v) is 3.21. The van der Waals surface area contributed by atoms with Gasteiger partial charge in [-0.25, -0.2) is 8.42 Å². The number of hydrogen-bond acceptors (Lipinski definition) is 4. The summed E-state index contributed by atoms with van der Waals surface area (Å²) < 4.78 is 28.4. The number of nitrogens with zero attached hydrogens (tertiary/aromatic N) is 1. The Balaban J connectivity index is 0.00000288. The molecule has 0 amide bonds. The number of rotatable bonds is 6. The lowest BCUT2D eigenvalue weighted by Crippen LogP contribution is -2.43. The lowest BCUT2D eigenvalue weighted by Gasteiger charge is -2.17. The molecule has 0 aromatic heterocycles. The molecule has 1 aliphatic rings. The minimum absolute atomic E-state index is 0. The smallest absolute Gasteiger partial charge is 0.191 e. The Bertz CT molecular complexity index is 626. The highest BCUT2D eigenvalue weighted by Crippen LogP contribution is 2.17. The third kappa shape index (κ3) is 6.84. The molecular formula is C16H26IN3O3S. The van der Waals surface area contributed by atoms with Crippen molar-refractivity contribution in [3.05, 3.63) is 24.3 Å². The van der Waals surface area contributed by atoms with Gasteiger partial charge in [-0.15, -0.1) is 24.0 Å². The molecule has 2 rings (SSSR count). The van der Waals surface area contributed by atoms with Gasteiger partial charge in [0.1, 0.15) is 12.4 Å². The fraction of sp³-hybridized carbons (Fsp3) is 0.562. The molecule has 136 valence electrons. The number of ether oxygens (including phenoxy) is 1. The maximum atomic E-state index is 11.4. The van der Waals surface area contributed by atoms with Gasteiger partial charge in [0.2, 0.25) is 0 Å². The van der Waals surface area contributed by atoms with Gasteiger partial charge in [0.05, 0.1) is 11.4 Å². The summed E-state index contributed by atoms with van der Waals surface area (Å²) in [4.78, 5) is 4.50. The molecule has 0 aliphatic heterocycles. The van der Waals surface area contributed by atoms with Crippen LogP contribution in [0.3, 0.4) is 0 Å². The second-order valence-corrected chi connectivity index (χ2v) is 7.73. The van der Waals surface area contributed by atoms with Crippen molar-refractivity contribution in [2.75, 3.05) is 26.5 Å². The summed E-state index contributed by atoms with van der Waals surface area (Å²) in [5, 5.41) is 6.63. The third-order valence-corrected chi connectivity index (χ3v) is 4.96. The predicted octanol–water partition coefficient (Wildman–Crippen LogP) is 2.19. The molecule has 6 nitrogen and oxygen atoms in total. The molecule has 0 spiro atoms. The number of aliphatic imine (C=N–C) groups is 1. The van der Waals surface area contributed by atoms with Crippen LogP contribution in [0.2, 0.25) is 0 Å². The van der Waals surface area contributed by atoms with Crippen molar-refractivity contribution in [3.8, 4) is 5.75 Å². The number of hydrogen-bond donors (Lipinski definition) is 2. The SMILES string of the molecule is CN=C(NCCOc1ccc(S(C)(=O)=O)cc1)NC1CCCC1.I. The highest BCUT2D eigenvalue weighted by molar-refractivity contribution is 14.0. The first-order valence-electron chi connectivity index (χ1n) is 7.89. The second-order valence-electron chi connectivity index (χ2n) is 5.72. The van der Waals surface area contributed by atoms with Crippen molar-refractivity contribution in [2.45, 2.75) is 36.6 Å². The van der Waals surface area contributed by atoms with Crippen LogP contribution in [0.5, 0.6) is 5.75 Å². The zero-order chi connectivity index (χ0) is 16.7.